The van der Waals surface area contributed by atoms with Crippen molar-refractivity contribution in [1.29, 1.82) is 0 Å². The van der Waals surface area contributed by atoms with Crippen molar-refractivity contribution in [2.45, 2.75) is 25.4 Å². The van der Waals surface area contributed by atoms with Gasteiger partial charge in [-0.3, -0.25) is 0 Å². The minimum absolute atomic E-state index is 0.661. The van der Waals surface area contributed by atoms with Crippen molar-refractivity contribution >= 4 is 0 Å². The van der Waals surface area contributed by atoms with E-state index in [-0.39, 0.29) is 0 Å². The molecule has 3 rings (SSSR count). The maximum atomic E-state index is 3.60. The largest absolute Gasteiger partial charge is 0.349 e. The quantitative estimate of drug-likeness (QED) is 0.663. The van der Waals surface area contributed by atoms with Crippen molar-refractivity contribution in [2.75, 3.05) is 6.54 Å². The summed E-state index contributed by atoms with van der Waals surface area (Å²) in [5, 5.41) is 3.60. The van der Waals surface area contributed by atoms with Gasteiger partial charge in [-0.25, -0.2) is 0 Å². The van der Waals surface area contributed by atoms with Crippen LogP contribution in [0.2, 0.25) is 0 Å². The van der Waals surface area contributed by atoms with Crippen molar-refractivity contribution in [3.63, 3.8) is 0 Å². The fraction of sp³-hybridized carbons (Fsp3) is 0.600. The lowest BCUT2D eigenvalue weighted by atomic mass is 10.1. The first-order valence-corrected chi connectivity index (χ1v) is 4.83. The zero-order valence-electron chi connectivity index (χ0n) is 7.16. The number of fused-ring (bicyclic) bond motifs is 1. The van der Waals surface area contributed by atoms with Crippen LogP contribution in [0.25, 0.3) is 0 Å². The molecule has 2 heteroatoms. The molecule has 2 aliphatic rings. The Kier molecular flexibility index (Phi) is 1.32. The molecule has 0 saturated heterocycles. The molecule has 64 valence electrons. The summed E-state index contributed by atoms with van der Waals surface area (Å²) in [6, 6.07) is 5.08. The van der Waals surface area contributed by atoms with Crippen LogP contribution >= 0.6 is 0 Å². The highest BCUT2D eigenvalue weighted by Crippen LogP contribution is 2.41. The predicted octanol–water partition coefficient (Wildman–Crippen LogP) is 1.54. The monoisotopic (exact) mass is 162 g/mol. The van der Waals surface area contributed by atoms with Gasteiger partial charge < -0.3 is 9.88 Å². The van der Waals surface area contributed by atoms with E-state index < -0.39 is 0 Å². The van der Waals surface area contributed by atoms with Crippen molar-refractivity contribution in [2.24, 2.45) is 5.92 Å². The highest BCUT2D eigenvalue weighted by Gasteiger charge is 2.34. The number of hydrogen-bond acceptors (Lipinski definition) is 1. The van der Waals surface area contributed by atoms with E-state index in [9.17, 15) is 0 Å². The molecule has 2 heterocycles. The van der Waals surface area contributed by atoms with Crippen LogP contribution in [0.3, 0.4) is 0 Å². The standard InChI is InChI=1S/C10H14N2/c1-2-9-10(8-3-4-8)11-5-7-12(9)6-1/h1-2,6,8,10-11H,3-5,7H2/t10-/m1/s1. The molecule has 12 heavy (non-hydrogen) atoms. The van der Waals surface area contributed by atoms with Gasteiger partial charge in [0.2, 0.25) is 0 Å². The van der Waals surface area contributed by atoms with Crippen molar-refractivity contribution < 1.29 is 0 Å². The second-order valence-electron chi connectivity index (χ2n) is 3.90. The second-order valence-corrected chi connectivity index (χ2v) is 3.90. The molecule has 0 unspecified atom stereocenters. The molecule has 2 nitrogen and oxygen atoms in total. The van der Waals surface area contributed by atoms with E-state index >= 15 is 0 Å². The maximum absolute atomic E-state index is 3.60. The summed E-state index contributed by atoms with van der Waals surface area (Å²) in [6.07, 6.45) is 5.04. The Labute approximate surface area is 72.6 Å². The van der Waals surface area contributed by atoms with Crippen LogP contribution in [0, 0.1) is 5.92 Å². The Hall–Kier alpha value is -0.760. The maximum Gasteiger partial charge on any atom is 0.0504 e. The van der Waals surface area contributed by atoms with E-state index in [1.807, 2.05) is 0 Å². The Morgan fingerprint density at radius 1 is 1.42 bits per heavy atom. The number of nitrogens with one attached hydrogen (secondary N) is 1. The minimum atomic E-state index is 0.661. The van der Waals surface area contributed by atoms with Gasteiger partial charge in [0.05, 0.1) is 6.04 Å². The summed E-state index contributed by atoms with van der Waals surface area (Å²) >= 11 is 0. The molecule has 1 aromatic heterocycles. The van der Waals surface area contributed by atoms with Crippen molar-refractivity contribution in [3.8, 4) is 0 Å². The van der Waals surface area contributed by atoms with Crippen LogP contribution in [-0.2, 0) is 6.54 Å². The number of hydrogen-bond donors (Lipinski definition) is 1. The first-order chi connectivity index (χ1) is 5.95. The van der Waals surface area contributed by atoms with E-state index in [1.54, 1.807) is 0 Å². The van der Waals surface area contributed by atoms with Crippen molar-refractivity contribution in [1.82, 2.24) is 9.88 Å². The summed E-state index contributed by atoms with van der Waals surface area (Å²) in [5.74, 6) is 0.930. The zero-order valence-corrected chi connectivity index (χ0v) is 7.16. The summed E-state index contributed by atoms with van der Waals surface area (Å²) in [5.41, 5.74) is 1.50. The van der Waals surface area contributed by atoms with E-state index in [4.69, 9.17) is 0 Å². The van der Waals surface area contributed by atoms with Crippen LogP contribution in [-0.4, -0.2) is 11.1 Å². The summed E-state index contributed by atoms with van der Waals surface area (Å²) in [7, 11) is 0. The molecule has 1 fully saturated rings. The molecule has 0 spiro atoms. The minimum Gasteiger partial charge on any atom is -0.349 e. The number of nitrogens with zero attached hydrogens (tertiary/aromatic N) is 1. The average molecular weight is 162 g/mol. The lowest BCUT2D eigenvalue weighted by molar-refractivity contribution is 0.392. The molecule has 0 aromatic carbocycles. The third kappa shape index (κ3) is 0.911. The van der Waals surface area contributed by atoms with Crippen LogP contribution in [0.4, 0.5) is 0 Å². The Balaban J connectivity index is 1.97. The zero-order chi connectivity index (χ0) is 7.97. The number of aromatic nitrogens is 1. The SMILES string of the molecule is c1cc2n(c1)CCN[C@@H]2C1CC1. The van der Waals surface area contributed by atoms with Gasteiger partial charge in [0.15, 0.2) is 0 Å². The van der Waals surface area contributed by atoms with Crippen LogP contribution < -0.4 is 5.32 Å². The molecule has 1 N–H and O–H groups in total. The third-order valence-corrected chi connectivity index (χ3v) is 2.99. The van der Waals surface area contributed by atoms with E-state index in [2.05, 4.69) is 28.2 Å². The van der Waals surface area contributed by atoms with Crippen LogP contribution in [0.1, 0.15) is 24.6 Å². The van der Waals surface area contributed by atoms with Gasteiger partial charge in [-0.05, 0) is 30.9 Å². The molecule has 1 aliphatic heterocycles. The van der Waals surface area contributed by atoms with Crippen LogP contribution in [0.15, 0.2) is 18.3 Å². The molecule has 1 saturated carbocycles. The number of rotatable bonds is 1. The fourth-order valence-electron chi connectivity index (χ4n) is 2.20. The molecular weight excluding hydrogens is 148 g/mol. The second kappa shape index (κ2) is 2.36. The van der Waals surface area contributed by atoms with Gasteiger partial charge in [0.1, 0.15) is 0 Å². The summed E-state index contributed by atoms with van der Waals surface area (Å²) < 4.78 is 2.39. The molecule has 1 aromatic rings. The predicted molar refractivity (Wildman–Crippen MR) is 47.9 cm³/mol. The van der Waals surface area contributed by atoms with E-state index in [0.29, 0.717) is 6.04 Å². The van der Waals surface area contributed by atoms with Crippen LogP contribution in [0.5, 0.6) is 0 Å². The average Bonchev–Trinajstić information content (AvgIpc) is 2.82. The van der Waals surface area contributed by atoms with Gasteiger partial charge in [-0.15, -0.1) is 0 Å². The van der Waals surface area contributed by atoms with Crippen molar-refractivity contribution in [3.05, 3.63) is 24.0 Å². The summed E-state index contributed by atoms with van der Waals surface area (Å²) in [4.78, 5) is 0. The lowest BCUT2D eigenvalue weighted by Gasteiger charge is -2.26. The van der Waals surface area contributed by atoms with Gasteiger partial charge in [0, 0.05) is 25.0 Å². The molecule has 0 bridgehead atoms. The van der Waals surface area contributed by atoms with Gasteiger partial charge in [-0.2, -0.15) is 0 Å². The highest BCUT2D eigenvalue weighted by atomic mass is 15.1. The highest BCUT2D eigenvalue weighted by molar-refractivity contribution is 5.16. The Bertz CT molecular complexity index is 286. The molecule has 1 atom stereocenters. The molecular formula is C10H14N2. The lowest BCUT2D eigenvalue weighted by Crippen LogP contribution is -2.33. The van der Waals surface area contributed by atoms with E-state index in [0.717, 1.165) is 19.0 Å². The normalized spacial score (nSPS) is 28.5. The van der Waals surface area contributed by atoms with E-state index in [1.165, 1.54) is 18.5 Å². The third-order valence-electron chi connectivity index (χ3n) is 2.99. The first-order valence-electron chi connectivity index (χ1n) is 4.83. The fourth-order valence-corrected chi connectivity index (χ4v) is 2.20. The van der Waals surface area contributed by atoms with Gasteiger partial charge in [0.25, 0.3) is 0 Å². The molecule has 0 amide bonds. The smallest absolute Gasteiger partial charge is 0.0504 e. The van der Waals surface area contributed by atoms with Gasteiger partial charge in [-0.1, -0.05) is 0 Å². The molecule has 1 aliphatic carbocycles. The molecule has 0 radical (unpaired) electrons. The summed E-state index contributed by atoms with van der Waals surface area (Å²) in [6.45, 7) is 2.29. The Morgan fingerprint density at radius 2 is 2.33 bits per heavy atom. The topological polar surface area (TPSA) is 17.0 Å². The Morgan fingerprint density at radius 3 is 3.17 bits per heavy atom. The first kappa shape index (κ1) is 6.72. The van der Waals surface area contributed by atoms with Gasteiger partial charge >= 0.3 is 0 Å².